The van der Waals surface area contributed by atoms with Crippen molar-refractivity contribution in [3.63, 3.8) is 0 Å². The highest BCUT2D eigenvalue weighted by Gasteiger charge is 2.14. The molecule has 6 heteroatoms. The van der Waals surface area contributed by atoms with Crippen LogP contribution in [0.3, 0.4) is 0 Å². The molecule has 0 radical (unpaired) electrons. The van der Waals surface area contributed by atoms with Gasteiger partial charge in [0.1, 0.15) is 23.7 Å². The zero-order chi connectivity index (χ0) is 10.5. The average molecular weight is 211 g/mol. The summed E-state index contributed by atoms with van der Waals surface area (Å²) >= 11 is 0. The molecule has 4 rings (SSSR count). The van der Waals surface area contributed by atoms with Gasteiger partial charge in [0, 0.05) is 0 Å². The fourth-order valence-electron chi connectivity index (χ4n) is 1.90. The number of rotatable bonds is 0. The minimum Gasteiger partial charge on any atom is -0.436 e. The molecule has 4 aromatic heterocycles. The molecule has 6 nitrogen and oxygen atoms in total. The van der Waals surface area contributed by atoms with Gasteiger partial charge in [-0.05, 0) is 0 Å². The van der Waals surface area contributed by atoms with E-state index in [1.807, 2.05) is 0 Å². The van der Waals surface area contributed by atoms with Crippen LogP contribution in [0.25, 0.3) is 33.2 Å². The number of aromatic amines is 1. The van der Waals surface area contributed by atoms with Gasteiger partial charge < -0.3 is 9.40 Å². The zero-order valence-corrected chi connectivity index (χ0v) is 8.01. The van der Waals surface area contributed by atoms with Gasteiger partial charge >= 0.3 is 0 Å². The molecule has 76 valence electrons. The van der Waals surface area contributed by atoms with E-state index >= 15 is 0 Å². The Morgan fingerprint density at radius 1 is 1.00 bits per heavy atom. The second-order valence-electron chi connectivity index (χ2n) is 3.45. The maximum absolute atomic E-state index is 5.59. The quantitative estimate of drug-likeness (QED) is 0.478. The highest BCUT2D eigenvalue weighted by Crippen LogP contribution is 2.30. The number of furan rings is 1. The lowest BCUT2D eigenvalue weighted by molar-refractivity contribution is 0.654. The predicted octanol–water partition coefficient (Wildman–Crippen LogP) is 1.65. The van der Waals surface area contributed by atoms with Crippen molar-refractivity contribution < 1.29 is 4.42 Å². The van der Waals surface area contributed by atoms with Crippen LogP contribution in [0.1, 0.15) is 0 Å². The third-order valence-corrected chi connectivity index (χ3v) is 2.55. The normalized spacial score (nSPS) is 11.8. The third kappa shape index (κ3) is 0.813. The van der Waals surface area contributed by atoms with E-state index in [-0.39, 0.29) is 0 Å². The highest BCUT2D eigenvalue weighted by atomic mass is 16.3. The lowest BCUT2D eigenvalue weighted by Crippen LogP contribution is -1.79. The topological polar surface area (TPSA) is 80.5 Å². The summed E-state index contributed by atoms with van der Waals surface area (Å²) in [6, 6.07) is 0. The number of nitrogens with one attached hydrogen (secondary N) is 1. The summed E-state index contributed by atoms with van der Waals surface area (Å²) in [6.07, 6.45) is 6.36. The summed E-state index contributed by atoms with van der Waals surface area (Å²) in [5.74, 6) is 0. The molecule has 0 bridgehead atoms. The predicted molar refractivity (Wildman–Crippen MR) is 56.8 cm³/mol. The number of hydrogen-bond donors (Lipinski definition) is 1. The second-order valence-corrected chi connectivity index (χ2v) is 3.45. The summed E-state index contributed by atoms with van der Waals surface area (Å²) in [6.45, 7) is 0. The molecule has 0 fully saturated rings. The van der Waals surface area contributed by atoms with Crippen molar-refractivity contribution >= 4 is 33.2 Å². The first-order valence-corrected chi connectivity index (χ1v) is 4.73. The Bertz CT molecular complexity index is 750. The Morgan fingerprint density at radius 2 is 1.81 bits per heavy atom. The first kappa shape index (κ1) is 7.75. The van der Waals surface area contributed by atoms with Crippen molar-refractivity contribution in [2.75, 3.05) is 0 Å². The lowest BCUT2D eigenvalue weighted by atomic mass is 10.3. The summed E-state index contributed by atoms with van der Waals surface area (Å²) in [7, 11) is 0. The van der Waals surface area contributed by atoms with Gasteiger partial charge in [-0.2, -0.15) is 0 Å². The molecular formula is C10H5N5O. The minimum absolute atomic E-state index is 0.657. The van der Waals surface area contributed by atoms with Gasteiger partial charge in [0.25, 0.3) is 0 Å². The molecule has 0 spiro atoms. The van der Waals surface area contributed by atoms with Crippen molar-refractivity contribution in [2.45, 2.75) is 0 Å². The second kappa shape index (κ2) is 2.54. The highest BCUT2D eigenvalue weighted by molar-refractivity contribution is 6.15. The number of fused-ring (bicyclic) bond motifs is 5. The van der Waals surface area contributed by atoms with Crippen LogP contribution in [0.15, 0.2) is 29.5 Å². The molecule has 0 aliphatic rings. The monoisotopic (exact) mass is 211 g/mol. The fraction of sp³-hybridized carbons (Fsp3) is 0. The van der Waals surface area contributed by atoms with E-state index in [0.29, 0.717) is 11.3 Å². The molecule has 0 aromatic carbocycles. The lowest BCUT2D eigenvalue weighted by Gasteiger charge is -1.87. The number of aromatic nitrogens is 5. The van der Waals surface area contributed by atoms with Crippen LogP contribution in [0, 0.1) is 0 Å². The Balaban J connectivity index is 2.38. The summed E-state index contributed by atoms with van der Waals surface area (Å²) < 4.78 is 5.59. The van der Waals surface area contributed by atoms with E-state index in [1.54, 1.807) is 12.4 Å². The van der Waals surface area contributed by atoms with Crippen molar-refractivity contribution in [1.82, 2.24) is 24.9 Å². The van der Waals surface area contributed by atoms with Gasteiger partial charge in [-0.1, -0.05) is 0 Å². The fourth-order valence-corrected chi connectivity index (χ4v) is 1.90. The molecule has 0 aliphatic heterocycles. The van der Waals surface area contributed by atoms with Crippen molar-refractivity contribution in [3.05, 3.63) is 25.0 Å². The van der Waals surface area contributed by atoms with Gasteiger partial charge in [-0.15, -0.1) is 0 Å². The molecule has 1 N–H and O–H groups in total. The Kier molecular flexibility index (Phi) is 1.23. The maximum Gasteiger partial charge on any atom is 0.210 e. The summed E-state index contributed by atoms with van der Waals surface area (Å²) in [5.41, 5.74) is 3.75. The number of H-pyrrole nitrogens is 1. The molecule has 4 aromatic rings. The molecule has 0 saturated heterocycles. The standard InChI is InChI=1S/C10H5N5O/c1-5-8(13-3-11-1)7-9-6(2-12-4-14-9)16-10(7)15-5/h1-4,15H. The summed E-state index contributed by atoms with van der Waals surface area (Å²) in [4.78, 5) is 19.4. The zero-order valence-electron chi connectivity index (χ0n) is 8.01. The molecular weight excluding hydrogens is 206 g/mol. The molecule has 0 unspecified atom stereocenters. The van der Waals surface area contributed by atoms with Gasteiger partial charge in [-0.25, -0.2) is 19.9 Å². The van der Waals surface area contributed by atoms with E-state index in [1.165, 1.54) is 12.7 Å². The van der Waals surface area contributed by atoms with E-state index in [9.17, 15) is 0 Å². The molecule has 0 saturated carbocycles. The number of hydrogen-bond acceptors (Lipinski definition) is 5. The molecule has 0 atom stereocenters. The van der Waals surface area contributed by atoms with E-state index in [0.717, 1.165) is 21.9 Å². The van der Waals surface area contributed by atoms with Crippen LogP contribution in [0.5, 0.6) is 0 Å². The SMILES string of the molecule is c1ncc2[nH]c3oc4cncnc4c3c2n1. The molecule has 0 amide bonds. The third-order valence-electron chi connectivity index (χ3n) is 2.55. The Labute approximate surface area is 88.4 Å². The van der Waals surface area contributed by atoms with E-state index < -0.39 is 0 Å². The molecule has 4 heterocycles. The van der Waals surface area contributed by atoms with Crippen LogP contribution in [-0.2, 0) is 0 Å². The van der Waals surface area contributed by atoms with Crippen molar-refractivity contribution in [1.29, 1.82) is 0 Å². The smallest absolute Gasteiger partial charge is 0.210 e. The van der Waals surface area contributed by atoms with E-state index in [4.69, 9.17) is 4.42 Å². The van der Waals surface area contributed by atoms with Gasteiger partial charge in [0.05, 0.1) is 23.3 Å². The Hall–Kier alpha value is -2.50. The molecule has 0 aliphatic carbocycles. The van der Waals surface area contributed by atoms with Gasteiger partial charge in [-0.3, -0.25) is 0 Å². The first-order valence-electron chi connectivity index (χ1n) is 4.73. The minimum atomic E-state index is 0.657. The van der Waals surface area contributed by atoms with Crippen LogP contribution in [-0.4, -0.2) is 24.9 Å². The van der Waals surface area contributed by atoms with Crippen molar-refractivity contribution in [2.24, 2.45) is 0 Å². The van der Waals surface area contributed by atoms with Crippen LogP contribution in [0.2, 0.25) is 0 Å². The first-order chi connectivity index (χ1) is 7.93. The number of nitrogens with zero attached hydrogens (tertiary/aromatic N) is 4. The van der Waals surface area contributed by atoms with Crippen LogP contribution >= 0.6 is 0 Å². The van der Waals surface area contributed by atoms with E-state index in [2.05, 4.69) is 24.9 Å². The van der Waals surface area contributed by atoms with Gasteiger partial charge in [0.2, 0.25) is 5.71 Å². The average Bonchev–Trinajstić information content (AvgIpc) is 2.83. The van der Waals surface area contributed by atoms with Gasteiger partial charge in [0.15, 0.2) is 5.58 Å². The van der Waals surface area contributed by atoms with Crippen LogP contribution < -0.4 is 0 Å². The Morgan fingerprint density at radius 3 is 2.75 bits per heavy atom. The van der Waals surface area contributed by atoms with Crippen molar-refractivity contribution in [3.8, 4) is 0 Å². The maximum atomic E-state index is 5.59. The largest absolute Gasteiger partial charge is 0.436 e. The van der Waals surface area contributed by atoms with Crippen LogP contribution in [0.4, 0.5) is 0 Å². The summed E-state index contributed by atoms with van der Waals surface area (Å²) in [5, 5.41) is 0.884. The molecule has 16 heavy (non-hydrogen) atoms.